The number of hydrogen-bond acceptors (Lipinski definition) is 4. The van der Waals surface area contributed by atoms with Gasteiger partial charge in [-0.1, -0.05) is 38.1 Å². The molecule has 0 saturated heterocycles. The molecule has 2 atom stereocenters. The Morgan fingerprint density at radius 1 is 1.11 bits per heavy atom. The molecule has 2 heterocycles. The van der Waals surface area contributed by atoms with Gasteiger partial charge in [-0.15, -0.1) is 11.3 Å². The molecule has 0 aliphatic carbocycles. The Morgan fingerprint density at radius 3 is 2.56 bits per heavy atom. The van der Waals surface area contributed by atoms with Crippen molar-refractivity contribution in [2.45, 2.75) is 19.8 Å². The number of phenols is 1. The fourth-order valence-electron chi connectivity index (χ4n) is 3.61. The molecule has 138 valence electrons. The van der Waals surface area contributed by atoms with Gasteiger partial charge in [0.15, 0.2) is 0 Å². The number of phenolic OH excluding ortho intramolecular Hbond substituents is 1. The number of aromatic hydroxyl groups is 1. The monoisotopic (exact) mass is 378 g/mol. The second kappa shape index (κ2) is 6.83. The van der Waals surface area contributed by atoms with E-state index in [1.807, 2.05) is 23.6 Å². The average Bonchev–Trinajstić information content (AvgIpc) is 3.18. The van der Waals surface area contributed by atoms with Crippen molar-refractivity contribution in [1.29, 1.82) is 0 Å². The molecule has 0 aliphatic heterocycles. The van der Waals surface area contributed by atoms with Crippen LogP contribution in [0.25, 0.3) is 32.1 Å². The summed E-state index contributed by atoms with van der Waals surface area (Å²) in [6, 6.07) is 13.6. The summed E-state index contributed by atoms with van der Waals surface area (Å²) in [4.78, 5) is 15.2. The molecule has 0 aliphatic rings. The molecule has 2 aromatic heterocycles. The van der Waals surface area contributed by atoms with Gasteiger partial charge in [-0.25, -0.2) is 0 Å². The van der Waals surface area contributed by atoms with E-state index in [4.69, 9.17) is 5.73 Å². The minimum atomic E-state index is -0.0934. The number of hydrogen-bond donors (Lipinski definition) is 3. The second-order valence-corrected chi connectivity index (χ2v) is 8.04. The molecule has 5 heteroatoms. The van der Waals surface area contributed by atoms with Crippen LogP contribution in [0, 0.1) is 5.92 Å². The fraction of sp³-hybridized carbons (Fsp3) is 0.227. The summed E-state index contributed by atoms with van der Waals surface area (Å²) < 4.78 is 0.677. The van der Waals surface area contributed by atoms with E-state index in [0.717, 1.165) is 27.4 Å². The van der Waals surface area contributed by atoms with Crippen molar-refractivity contribution in [3.63, 3.8) is 0 Å². The van der Waals surface area contributed by atoms with Crippen LogP contribution in [0.4, 0.5) is 0 Å². The summed E-state index contributed by atoms with van der Waals surface area (Å²) in [5.41, 5.74) is 9.34. The minimum Gasteiger partial charge on any atom is -0.507 e. The van der Waals surface area contributed by atoms with Crippen molar-refractivity contribution in [3.8, 4) is 16.9 Å². The number of H-pyrrole nitrogens is 1. The molecule has 0 saturated carbocycles. The number of thiophene rings is 1. The predicted octanol–water partition coefficient (Wildman–Crippen LogP) is 4.81. The number of rotatable bonds is 4. The molecule has 4 nitrogen and oxygen atoms in total. The van der Waals surface area contributed by atoms with Crippen LogP contribution in [0.3, 0.4) is 0 Å². The largest absolute Gasteiger partial charge is 0.507 e. The molecule has 0 bridgehead atoms. The average molecular weight is 378 g/mol. The standard InChI is InChI=1S/C22H22N2O2S/c1-12(11-23)13(2)14-3-5-15(6-4-14)19-18(25)8-7-17-20(19)16-9-10-27-21(16)22(26)24-17/h3-10,12-13,25H,11,23H2,1-2H3,(H,24,26)/t12-,13?/m1/s1. The van der Waals surface area contributed by atoms with Crippen LogP contribution in [-0.4, -0.2) is 16.6 Å². The Hall–Kier alpha value is -2.63. The molecular formula is C22H22N2O2S. The fourth-order valence-corrected chi connectivity index (χ4v) is 4.41. The maximum atomic E-state index is 12.3. The zero-order valence-electron chi connectivity index (χ0n) is 15.3. The molecule has 4 rings (SSSR count). The summed E-state index contributed by atoms with van der Waals surface area (Å²) in [7, 11) is 0. The zero-order valence-corrected chi connectivity index (χ0v) is 16.1. The summed E-state index contributed by atoms with van der Waals surface area (Å²) >= 11 is 1.41. The summed E-state index contributed by atoms with van der Waals surface area (Å²) in [6.07, 6.45) is 0. The van der Waals surface area contributed by atoms with E-state index < -0.39 is 0 Å². The molecular weight excluding hydrogens is 356 g/mol. The van der Waals surface area contributed by atoms with Crippen LogP contribution in [0.1, 0.15) is 25.3 Å². The first-order valence-corrected chi connectivity index (χ1v) is 9.94. The zero-order chi connectivity index (χ0) is 19.1. The number of aromatic nitrogens is 1. The third-order valence-corrected chi connectivity index (χ3v) is 6.44. The lowest BCUT2D eigenvalue weighted by atomic mass is 9.87. The van der Waals surface area contributed by atoms with Crippen LogP contribution in [0.15, 0.2) is 52.6 Å². The van der Waals surface area contributed by atoms with Crippen LogP contribution < -0.4 is 11.3 Å². The molecule has 4 aromatic rings. The van der Waals surface area contributed by atoms with Crippen molar-refractivity contribution in [2.75, 3.05) is 6.54 Å². The van der Waals surface area contributed by atoms with Gasteiger partial charge in [0, 0.05) is 21.9 Å². The maximum absolute atomic E-state index is 12.3. The molecule has 2 aromatic carbocycles. The molecule has 0 spiro atoms. The Kier molecular flexibility index (Phi) is 4.50. The molecule has 0 amide bonds. The number of nitrogens with one attached hydrogen (secondary N) is 1. The van der Waals surface area contributed by atoms with E-state index in [9.17, 15) is 9.90 Å². The molecule has 1 unspecified atom stereocenters. The molecule has 27 heavy (non-hydrogen) atoms. The molecule has 4 N–H and O–H groups in total. The van der Waals surface area contributed by atoms with E-state index in [1.54, 1.807) is 12.1 Å². The first kappa shape index (κ1) is 17.8. The van der Waals surface area contributed by atoms with E-state index in [2.05, 4.69) is 31.0 Å². The third kappa shape index (κ3) is 2.93. The lowest BCUT2D eigenvalue weighted by molar-refractivity contribution is 0.478. The Labute approximate surface area is 161 Å². The highest BCUT2D eigenvalue weighted by atomic mass is 32.1. The maximum Gasteiger partial charge on any atom is 0.266 e. The third-order valence-electron chi connectivity index (χ3n) is 5.52. The summed E-state index contributed by atoms with van der Waals surface area (Å²) in [5, 5.41) is 14.3. The molecule has 0 radical (unpaired) electrons. The van der Waals surface area contributed by atoms with E-state index in [0.29, 0.717) is 23.1 Å². The first-order valence-electron chi connectivity index (χ1n) is 9.06. The smallest absolute Gasteiger partial charge is 0.266 e. The van der Waals surface area contributed by atoms with Crippen LogP contribution in [0.5, 0.6) is 5.75 Å². The van der Waals surface area contributed by atoms with Gasteiger partial charge < -0.3 is 15.8 Å². The second-order valence-electron chi connectivity index (χ2n) is 7.12. The van der Waals surface area contributed by atoms with Crippen molar-refractivity contribution in [1.82, 2.24) is 4.98 Å². The quantitative estimate of drug-likeness (QED) is 0.477. The lowest BCUT2D eigenvalue weighted by Crippen LogP contribution is -2.16. The van der Waals surface area contributed by atoms with Gasteiger partial charge in [0.25, 0.3) is 5.56 Å². The van der Waals surface area contributed by atoms with E-state index in [1.165, 1.54) is 16.9 Å². The van der Waals surface area contributed by atoms with Crippen LogP contribution in [-0.2, 0) is 0 Å². The minimum absolute atomic E-state index is 0.0934. The van der Waals surface area contributed by atoms with Gasteiger partial charge in [0.2, 0.25) is 0 Å². The van der Waals surface area contributed by atoms with E-state index >= 15 is 0 Å². The van der Waals surface area contributed by atoms with Crippen LogP contribution >= 0.6 is 11.3 Å². The summed E-state index contributed by atoms with van der Waals surface area (Å²) in [6.45, 7) is 4.98. The Bertz CT molecular complexity index is 1170. The normalized spacial score (nSPS) is 13.9. The van der Waals surface area contributed by atoms with Crippen molar-refractivity contribution >= 4 is 32.3 Å². The Balaban J connectivity index is 1.92. The summed E-state index contributed by atoms with van der Waals surface area (Å²) in [5.74, 6) is 0.973. The molecule has 0 fully saturated rings. The van der Waals surface area contributed by atoms with E-state index in [-0.39, 0.29) is 11.3 Å². The highest BCUT2D eigenvalue weighted by Gasteiger charge is 2.17. The lowest BCUT2D eigenvalue weighted by Gasteiger charge is -2.19. The SMILES string of the molecule is CC(c1ccc(-c2c(O)ccc3[nH]c(=O)c4sccc4c23)cc1)[C@H](C)CN. The number of nitrogens with two attached hydrogens (primary N) is 1. The van der Waals surface area contributed by atoms with Crippen molar-refractivity contribution in [3.05, 3.63) is 63.8 Å². The predicted molar refractivity (Wildman–Crippen MR) is 114 cm³/mol. The highest BCUT2D eigenvalue weighted by molar-refractivity contribution is 7.17. The van der Waals surface area contributed by atoms with Gasteiger partial charge in [-0.2, -0.15) is 0 Å². The topological polar surface area (TPSA) is 79.1 Å². The Morgan fingerprint density at radius 2 is 1.85 bits per heavy atom. The van der Waals surface area contributed by atoms with Gasteiger partial charge in [-0.05, 0) is 53.1 Å². The number of pyridine rings is 1. The van der Waals surface area contributed by atoms with Crippen molar-refractivity contribution < 1.29 is 5.11 Å². The van der Waals surface area contributed by atoms with Gasteiger partial charge in [0.1, 0.15) is 10.4 Å². The van der Waals surface area contributed by atoms with Gasteiger partial charge in [0.05, 0.1) is 0 Å². The number of fused-ring (bicyclic) bond motifs is 3. The van der Waals surface area contributed by atoms with Gasteiger partial charge in [-0.3, -0.25) is 4.79 Å². The first-order chi connectivity index (χ1) is 13.0. The van der Waals surface area contributed by atoms with Gasteiger partial charge >= 0.3 is 0 Å². The highest BCUT2D eigenvalue weighted by Crippen LogP contribution is 2.40. The van der Waals surface area contributed by atoms with Crippen molar-refractivity contribution in [2.24, 2.45) is 11.7 Å². The number of benzene rings is 2. The van der Waals surface area contributed by atoms with Crippen LogP contribution in [0.2, 0.25) is 0 Å². The number of aromatic amines is 1.